The van der Waals surface area contributed by atoms with Crippen LogP contribution in [0.5, 0.6) is 0 Å². The number of allylic oxidation sites excluding steroid dienone is 1. The minimum absolute atomic E-state index is 0.207. The van der Waals surface area contributed by atoms with Gasteiger partial charge in [-0.05, 0) is 32.1 Å². The van der Waals surface area contributed by atoms with Crippen molar-refractivity contribution in [3.8, 4) is 0 Å². The van der Waals surface area contributed by atoms with E-state index >= 15 is 0 Å². The number of rotatable bonds is 18. The van der Waals surface area contributed by atoms with Crippen molar-refractivity contribution in [3.05, 3.63) is 12.2 Å². The molecule has 1 aliphatic heterocycles. The number of hydrogen-bond donors (Lipinski definition) is 6. The summed E-state index contributed by atoms with van der Waals surface area (Å²) >= 11 is 0. The highest BCUT2D eigenvalue weighted by Gasteiger charge is 2.48. The van der Waals surface area contributed by atoms with E-state index in [1.807, 2.05) is 19.1 Å². The topological polar surface area (TPSA) is 174 Å². The first kappa shape index (κ1) is 30.5. The molecule has 34 heavy (non-hydrogen) atoms. The van der Waals surface area contributed by atoms with Crippen LogP contribution in [0, 0.1) is 0 Å². The molecule has 0 saturated carbocycles. The van der Waals surface area contributed by atoms with E-state index in [1.165, 1.54) is 0 Å². The maximum absolute atomic E-state index is 11.3. The highest BCUT2D eigenvalue weighted by molar-refractivity contribution is 5.73. The lowest BCUT2D eigenvalue weighted by atomic mass is 9.98. The summed E-state index contributed by atoms with van der Waals surface area (Å²) in [4.78, 5) is 21.8. The van der Waals surface area contributed by atoms with Gasteiger partial charge < -0.3 is 40.1 Å². The summed E-state index contributed by atoms with van der Waals surface area (Å²) in [6.45, 7) is 2.03. The fraction of sp³-hybridized carbons (Fsp3) is 0.833. The van der Waals surface area contributed by atoms with Gasteiger partial charge in [-0.3, -0.25) is 4.79 Å². The summed E-state index contributed by atoms with van der Waals surface area (Å²) in [6.07, 6.45) is 2.65. The normalized spacial score (nSPS) is 27.0. The summed E-state index contributed by atoms with van der Waals surface area (Å²) in [6, 6.07) is 0. The van der Waals surface area contributed by atoms with Crippen molar-refractivity contribution in [2.24, 2.45) is 0 Å². The number of aliphatic hydroxyl groups is 4. The third-order valence-electron chi connectivity index (χ3n) is 5.95. The zero-order valence-electron chi connectivity index (χ0n) is 20.0. The van der Waals surface area contributed by atoms with Crippen LogP contribution in [-0.4, -0.2) is 85.5 Å². The van der Waals surface area contributed by atoms with E-state index in [1.54, 1.807) is 0 Å². The lowest BCUT2D eigenvalue weighted by Gasteiger charge is -2.40. The van der Waals surface area contributed by atoms with Crippen molar-refractivity contribution in [2.45, 2.75) is 127 Å². The maximum Gasteiger partial charge on any atom is 0.335 e. The van der Waals surface area contributed by atoms with Crippen LogP contribution in [0.3, 0.4) is 0 Å². The van der Waals surface area contributed by atoms with E-state index in [0.29, 0.717) is 19.3 Å². The van der Waals surface area contributed by atoms with Gasteiger partial charge in [0.1, 0.15) is 18.3 Å². The first-order valence-electron chi connectivity index (χ1n) is 12.3. The molecule has 6 N–H and O–H groups in total. The van der Waals surface area contributed by atoms with Crippen molar-refractivity contribution < 1.29 is 49.7 Å². The Bertz CT molecular complexity index is 611. The molecule has 0 unspecified atom stereocenters. The molecule has 0 aliphatic carbocycles. The second kappa shape index (κ2) is 17.0. The van der Waals surface area contributed by atoms with Crippen molar-refractivity contribution in [3.63, 3.8) is 0 Å². The van der Waals surface area contributed by atoms with Gasteiger partial charge in [0, 0.05) is 6.42 Å². The predicted molar refractivity (Wildman–Crippen MR) is 123 cm³/mol. The average Bonchev–Trinajstić information content (AvgIpc) is 2.79. The Kier molecular flexibility index (Phi) is 15.2. The summed E-state index contributed by atoms with van der Waals surface area (Å²) in [7, 11) is 0. The number of aliphatic carboxylic acids is 2. The van der Waals surface area contributed by atoms with Crippen LogP contribution in [0.4, 0.5) is 0 Å². The Morgan fingerprint density at radius 3 is 2.24 bits per heavy atom. The molecule has 0 aromatic carbocycles. The molecule has 0 spiro atoms. The lowest BCUT2D eigenvalue weighted by Crippen LogP contribution is -2.61. The quantitative estimate of drug-likeness (QED) is 0.123. The van der Waals surface area contributed by atoms with Crippen molar-refractivity contribution in [2.75, 3.05) is 0 Å². The molecule has 198 valence electrons. The van der Waals surface area contributed by atoms with Gasteiger partial charge in [0.2, 0.25) is 0 Å². The van der Waals surface area contributed by atoms with E-state index in [9.17, 15) is 35.1 Å². The molecule has 1 saturated heterocycles. The van der Waals surface area contributed by atoms with Crippen LogP contribution < -0.4 is 0 Å². The first-order valence-corrected chi connectivity index (χ1v) is 12.3. The molecular weight excluding hydrogens is 448 g/mol. The molecular formula is C24H42O10. The number of ether oxygens (including phenoxy) is 2. The molecule has 0 aromatic rings. The molecule has 0 aromatic heterocycles. The molecule has 10 heteroatoms. The Labute approximate surface area is 201 Å². The summed E-state index contributed by atoms with van der Waals surface area (Å²) in [5.74, 6) is -2.25. The Morgan fingerprint density at radius 1 is 0.912 bits per heavy atom. The number of hydrogen-bond acceptors (Lipinski definition) is 8. The zero-order chi connectivity index (χ0) is 25.5. The Hall–Kier alpha value is -1.56. The minimum atomic E-state index is -1.80. The average molecular weight is 491 g/mol. The van der Waals surface area contributed by atoms with Gasteiger partial charge in [0.15, 0.2) is 12.4 Å². The van der Waals surface area contributed by atoms with Gasteiger partial charge in [-0.2, -0.15) is 0 Å². The summed E-state index contributed by atoms with van der Waals surface area (Å²) in [5.41, 5.74) is 0. The lowest BCUT2D eigenvalue weighted by molar-refractivity contribution is -0.310. The van der Waals surface area contributed by atoms with Crippen LogP contribution in [0.25, 0.3) is 0 Å². The van der Waals surface area contributed by atoms with E-state index < -0.39 is 54.9 Å². The molecule has 7 atom stereocenters. The predicted octanol–water partition coefficient (Wildman–Crippen LogP) is 1.97. The monoisotopic (exact) mass is 490 g/mol. The molecule has 1 heterocycles. The van der Waals surface area contributed by atoms with Gasteiger partial charge in [-0.1, -0.05) is 57.6 Å². The minimum Gasteiger partial charge on any atom is -0.481 e. The van der Waals surface area contributed by atoms with Crippen LogP contribution in [0.2, 0.25) is 0 Å². The van der Waals surface area contributed by atoms with Gasteiger partial charge in [0.25, 0.3) is 0 Å². The van der Waals surface area contributed by atoms with Crippen LogP contribution in [0.15, 0.2) is 12.2 Å². The van der Waals surface area contributed by atoms with Crippen molar-refractivity contribution >= 4 is 11.9 Å². The number of carbonyl (C=O) groups is 2. The fourth-order valence-electron chi connectivity index (χ4n) is 3.86. The van der Waals surface area contributed by atoms with Gasteiger partial charge in [-0.25, -0.2) is 4.79 Å². The summed E-state index contributed by atoms with van der Waals surface area (Å²) in [5, 5.41) is 58.5. The summed E-state index contributed by atoms with van der Waals surface area (Å²) < 4.78 is 10.9. The van der Waals surface area contributed by atoms with Gasteiger partial charge >= 0.3 is 11.9 Å². The van der Waals surface area contributed by atoms with Crippen molar-refractivity contribution in [1.82, 2.24) is 0 Å². The van der Waals surface area contributed by atoms with Gasteiger partial charge in [-0.15, -0.1) is 0 Å². The standard InChI is InChI=1S/C24H42O10/c1-2-3-10-14-17(33-24-21(30)19(28)20(29)22(34-24)23(31)32)16(25)13-11-8-6-4-5-7-9-12-15-18(26)27/h8,11,16-17,19-22,24-25,28-30H,2-7,9-10,12-15H2,1H3,(H,26,27)(H,31,32)/b11-8-/t16-,17-,19-,20+,21-,22-,24-/m1/s1. The largest absolute Gasteiger partial charge is 0.481 e. The SMILES string of the molecule is CCCCC[C@@H](O[C@@H]1O[C@@H](C(=O)O)[C@@H](O)[C@@H](O)[C@H]1O)[C@H](O)C/C=C\CCCCCCCC(=O)O. The molecule has 1 fully saturated rings. The van der Waals surface area contributed by atoms with Crippen LogP contribution in [-0.2, 0) is 19.1 Å². The van der Waals surface area contributed by atoms with Crippen molar-refractivity contribution in [1.29, 1.82) is 0 Å². The third kappa shape index (κ3) is 11.2. The highest BCUT2D eigenvalue weighted by atomic mass is 16.7. The van der Waals surface area contributed by atoms with E-state index in [0.717, 1.165) is 51.4 Å². The Balaban J connectivity index is 2.53. The smallest absolute Gasteiger partial charge is 0.335 e. The number of carboxylic acids is 2. The van der Waals surface area contributed by atoms with Crippen LogP contribution in [0.1, 0.15) is 84.0 Å². The second-order valence-electron chi connectivity index (χ2n) is 8.88. The maximum atomic E-state index is 11.3. The van der Waals surface area contributed by atoms with Crippen LogP contribution >= 0.6 is 0 Å². The van der Waals surface area contributed by atoms with E-state index in [-0.39, 0.29) is 6.42 Å². The fourth-order valence-corrected chi connectivity index (χ4v) is 3.86. The molecule has 0 bridgehead atoms. The molecule has 1 aliphatic rings. The molecule has 0 amide bonds. The number of carboxylic acid groups (broad SMARTS) is 2. The highest BCUT2D eigenvalue weighted by Crippen LogP contribution is 2.26. The first-order chi connectivity index (χ1) is 16.2. The number of unbranched alkanes of at least 4 members (excludes halogenated alkanes) is 7. The zero-order valence-corrected chi connectivity index (χ0v) is 20.0. The van der Waals surface area contributed by atoms with Gasteiger partial charge in [0.05, 0.1) is 12.2 Å². The molecule has 0 radical (unpaired) electrons. The number of aliphatic hydroxyl groups excluding tert-OH is 4. The van der Waals surface area contributed by atoms with E-state index in [4.69, 9.17) is 14.6 Å². The Morgan fingerprint density at radius 2 is 1.59 bits per heavy atom. The molecule has 10 nitrogen and oxygen atoms in total. The second-order valence-corrected chi connectivity index (χ2v) is 8.88. The third-order valence-corrected chi connectivity index (χ3v) is 5.95. The molecule has 1 rings (SSSR count). The van der Waals surface area contributed by atoms with E-state index in [2.05, 4.69) is 0 Å².